The lowest BCUT2D eigenvalue weighted by molar-refractivity contribution is 0.0920. The Morgan fingerprint density at radius 1 is 0.714 bits per heavy atom. The lowest BCUT2D eigenvalue weighted by atomic mass is 10.2. The van der Waals surface area contributed by atoms with E-state index in [2.05, 4.69) is 10.6 Å². The Labute approximate surface area is 122 Å². The number of carbonyl (C=O) groups excluding carboxylic acids is 2. The second kappa shape index (κ2) is 6.42. The molecule has 6 N–H and O–H groups in total. The molecular weight excluding hydrogens is 268 g/mol. The Hall–Kier alpha value is -3.02. The van der Waals surface area contributed by atoms with Gasteiger partial charge in [-0.15, -0.1) is 0 Å². The molecule has 0 spiro atoms. The van der Waals surface area contributed by atoms with Crippen molar-refractivity contribution < 1.29 is 9.59 Å². The summed E-state index contributed by atoms with van der Waals surface area (Å²) in [6.07, 6.45) is 0. The monoisotopic (exact) mass is 284 g/mol. The summed E-state index contributed by atoms with van der Waals surface area (Å²) < 4.78 is 0. The Balaban J connectivity index is 1.83. The number of hydrogen-bond acceptors (Lipinski definition) is 4. The summed E-state index contributed by atoms with van der Waals surface area (Å²) in [6.45, 7) is 0.0341. The summed E-state index contributed by atoms with van der Waals surface area (Å²) in [6, 6.07) is 13.0. The molecule has 0 aromatic heterocycles. The second-order valence-electron chi connectivity index (χ2n) is 4.43. The minimum absolute atomic E-state index is 0.0341. The maximum Gasteiger partial charge on any atom is 0.252 e. The number of benzene rings is 2. The van der Waals surface area contributed by atoms with E-state index < -0.39 is 0 Å². The van der Waals surface area contributed by atoms with Gasteiger partial charge in [0.15, 0.2) is 0 Å². The summed E-state index contributed by atoms with van der Waals surface area (Å²) in [5.74, 6) is -0.569. The molecule has 0 unspecified atom stereocenters. The number of amides is 2. The highest BCUT2D eigenvalue weighted by atomic mass is 16.2. The molecule has 2 amide bonds. The first-order chi connectivity index (χ1) is 10.1. The summed E-state index contributed by atoms with van der Waals surface area (Å²) in [7, 11) is 0. The maximum absolute atomic E-state index is 11.8. The third kappa shape index (κ3) is 3.97. The van der Waals surface area contributed by atoms with Crippen molar-refractivity contribution in [1.29, 1.82) is 0 Å². The quantitative estimate of drug-likeness (QED) is 0.495. The van der Waals surface area contributed by atoms with Crippen LogP contribution in [0.5, 0.6) is 0 Å². The summed E-state index contributed by atoms with van der Waals surface area (Å²) >= 11 is 0. The van der Waals surface area contributed by atoms with Crippen molar-refractivity contribution in [2.24, 2.45) is 0 Å². The maximum atomic E-state index is 11.8. The van der Waals surface area contributed by atoms with E-state index in [0.717, 1.165) is 0 Å². The average molecular weight is 284 g/mol. The van der Waals surface area contributed by atoms with Gasteiger partial charge in [-0.1, -0.05) is 0 Å². The first-order valence-corrected chi connectivity index (χ1v) is 6.34. The fraction of sp³-hybridized carbons (Fsp3) is 0.0667. The van der Waals surface area contributed by atoms with Crippen LogP contribution in [0, 0.1) is 0 Å². The van der Waals surface area contributed by atoms with Crippen LogP contribution in [-0.4, -0.2) is 18.5 Å². The van der Waals surface area contributed by atoms with Crippen LogP contribution in [0.4, 0.5) is 11.4 Å². The molecule has 0 fully saturated rings. The number of nitrogens with two attached hydrogens (primary N) is 2. The number of nitrogens with one attached hydrogen (secondary N) is 2. The Kier molecular flexibility index (Phi) is 4.40. The molecule has 2 aromatic rings. The fourth-order valence-electron chi connectivity index (χ4n) is 1.68. The third-order valence-electron chi connectivity index (χ3n) is 2.84. The molecule has 108 valence electrons. The Bertz CT molecular complexity index is 578. The molecule has 0 saturated heterocycles. The van der Waals surface area contributed by atoms with E-state index in [4.69, 9.17) is 11.5 Å². The van der Waals surface area contributed by atoms with Crippen molar-refractivity contribution in [2.45, 2.75) is 0 Å². The highest BCUT2D eigenvalue weighted by molar-refractivity contribution is 5.96. The first kappa shape index (κ1) is 14.4. The zero-order valence-corrected chi connectivity index (χ0v) is 11.3. The molecule has 0 bridgehead atoms. The summed E-state index contributed by atoms with van der Waals surface area (Å²) in [4.78, 5) is 23.6. The molecule has 0 aliphatic heterocycles. The minimum atomic E-state index is -0.285. The van der Waals surface area contributed by atoms with E-state index in [1.54, 1.807) is 48.5 Å². The number of rotatable bonds is 4. The Morgan fingerprint density at radius 3 is 1.38 bits per heavy atom. The summed E-state index contributed by atoms with van der Waals surface area (Å²) in [5, 5.41) is 5.19. The van der Waals surface area contributed by atoms with Crippen LogP contribution in [0.15, 0.2) is 48.5 Å². The predicted octanol–water partition coefficient (Wildman–Crippen LogP) is 0.968. The van der Waals surface area contributed by atoms with E-state index in [-0.39, 0.29) is 18.5 Å². The van der Waals surface area contributed by atoms with Crippen molar-refractivity contribution >= 4 is 23.2 Å². The van der Waals surface area contributed by atoms with Gasteiger partial charge in [0, 0.05) is 22.5 Å². The van der Waals surface area contributed by atoms with Gasteiger partial charge in [-0.05, 0) is 48.5 Å². The molecule has 2 rings (SSSR count). The SMILES string of the molecule is Nc1ccc(C(=O)NCNC(=O)c2ccc(N)cc2)cc1. The number of carbonyl (C=O) groups is 2. The van der Waals surface area contributed by atoms with Gasteiger partial charge in [-0.3, -0.25) is 9.59 Å². The number of nitrogen functional groups attached to an aromatic ring is 2. The van der Waals surface area contributed by atoms with E-state index in [1.807, 2.05) is 0 Å². The third-order valence-corrected chi connectivity index (χ3v) is 2.84. The van der Waals surface area contributed by atoms with Crippen LogP contribution in [0.2, 0.25) is 0 Å². The van der Waals surface area contributed by atoms with E-state index in [0.29, 0.717) is 22.5 Å². The highest BCUT2D eigenvalue weighted by Crippen LogP contribution is 2.06. The normalized spacial score (nSPS) is 9.90. The van der Waals surface area contributed by atoms with Crippen molar-refractivity contribution in [3.8, 4) is 0 Å². The van der Waals surface area contributed by atoms with Gasteiger partial charge < -0.3 is 22.1 Å². The van der Waals surface area contributed by atoms with Crippen molar-refractivity contribution in [2.75, 3.05) is 18.1 Å². The average Bonchev–Trinajstić information content (AvgIpc) is 2.48. The van der Waals surface area contributed by atoms with Gasteiger partial charge in [0.1, 0.15) is 0 Å². The second-order valence-corrected chi connectivity index (χ2v) is 4.43. The van der Waals surface area contributed by atoms with E-state index in [1.165, 1.54) is 0 Å². The topological polar surface area (TPSA) is 110 Å². The molecule has 0 heterocycles. The lowest BCUT2D eigenvalue weighted by Crippen LogP contribution is -2.37. The molecule has 2 aromatic carbocycles. The predicted molar refractivity (Wildman–Crippen MR) is 81.5 cm³/mol. The smallest absolute Gasteiger partial charge is 0.252 e. The van der Waals surface area contributed by atoms with E-state index >= 15 is 0 Å². The van der Waals surface area contributed by atoms with Crippen LogP contribution in [0.3, 0.4) is 0 Å². The summed E-state index contributed by atoms with van der Waals surface area (Å²) in [5.41, 5.74) is 13.2. The molecule has 0 aliphatic carbocycles. The zero-order chi connectivity index (χ0) is 15.2. The molecule has 0 atom stereocenters. The molecule has 0 aliphatic rings. The first-order valence-electron chi connectivity index (χ1n) is 6.34. The largest absolute Gasteiger partial charge is 0.399 e. The van der Waals surface area contributed by atoms with Crippen LogP contribution < -0.4 is 22.1 Å². The molecular formula is C15H16N4O2. The van der Waals surface area contributed by atoms with Crippen LogP contribution in [0.25, 0.3) is 0 Å². The van der Waals surface area contributed by atoms with Crippen LogP contribution in [-0.2, 0) is 0 Å². The standard InChI is InChI=1S/C15H16N4O2/c16-12-5-1-10(2-6-12)14(20)18-9-19-15(21)11-3-7-13(17)8-4-11/h1-8H,9,16-17H2,(H,18,20)(H,19,21). The molecule has 6 heteroatoms. The van der Waals surface area contributed by atoms with Gasteiger partial charge in [-0.2, -0.15) is 0 Å². The van der Waals surface area contributed by atoms with Gasteiger partial charge in [0.05, 0.1) is 6.67 Å². The Morgan fingerprint density at radius 2 is 1.05 bits per heavy atom. The molecule has 0 radical (unpaired) electrons. The van der Waals surface area contributed by atoms with Crippen LogP contribution in [0.1, 0.15) is 20.7 Å². The molecule has 21 heavy (non-hydrogen) atoms. The van der Waals surface area contributed by atoms with Crippen molar-refractivity contribution in [1.82, 2.24) is 10.6 Å². The van der Waals surface area contributed by atoms with Crippen molar-refractivity contribution in [3.63, 3.8) is 0 Å². The number of hydrogen-bond donors (Lipinski definition) is 4. The number of anilines is 2. The molecule has 0 saturated carbocycles. The minimum Gasteiger partial charge on any atom is -0.399 e. The van der Waals surface area contributed by atoms with Gasteiger partial charge in [0.25, 0.3) is 11.8 Å². The lowest BCUT2D eigenvalue weighted by Gasteiger charge is -2.08. The molecule has 6 nitrogen and oxygen atoms in total. The zero-order valence-electron chi connectivity index (χ0n) is 11.3. The van der Waals surface area contributed by atoms with Gasteiger partial charge >= 0.3 is 0 Å². The van der Waals surface area contributed by atoms with Crippen molar-refractivity contribution in [3.05, 3.63) is 59.7 Å². The van der Waals surface area contributed by atoms with Gasteiger partial charge in [-0.25, -0.2) is 0 Å². The highest BCUT2D eigenvalue weighted by Gasteiger charge is 2.07. The van der Waals surface area contributed by atoms with Crippen LogP contribution >= 0.6 is 0 Å². The van der Waals surface area contributed by atoms with Gasteiger partial charge in [0.2, 0.25) is 0 Å². The van der Waals surface area contributed by atoms with E-state index in [9.17, 15) is 9.59 Å². The fourth-order valence-corrected chi connectivity index (χ4v) is 1.68.